The summed E-state index contributed by atoms with van der Waals surface area (Å²) in [6.07, 6.45) is 3.99. The van der Waals surface area contributed by atoms with Gasteiger partial charge in [0.2, 0.25) is 0 Å². The molecule has 0 bridgehead atoms. The third kappa shape index (κ3) is 8.31. The summed E-state index contributed by atoms with van der Waals surface area (Å²) in [6, 6.07) is 6.54. The average Bonchev–Trinajstić information content (AvgIpc) is 2.54. The number of benzene rings is 1. The van der Waals surface area contributed by atoms with Crippen LogP contribution in [0.5, 0.6) is 0 Å². The number of Topliss-reactive ketones (excluding diaryl/α,β-unsaturated/α-hetero) is 1. The Morgan fingerprint density at radius 1 is 1.08 bits per heavy atom. The number of carbonyl (C=O) groups is 3. The van der Waals surface area contributed by atoms with Crippen LogP contribution in [0.2, 0.25) is 0 Å². The first kappa shape index (κ1) is 19.7. The summed E-state index contributed by atoms with van der Waals surface area (Å²) in [7, 11) is 0. The standard InChI is InChI=1S/C18H26N2O4/c1-3-24-17(22)11-6-4-5-7-12-19-18(23)20-16-10-8-9-15(13-16)14(2)21/h8-10,13H,3-7,11-12H2,1-2H3,(H2,19,20,23). The van der Waals surface area contributed by atoms with Gasteiger partial charge in [0, 0.05) is 24.2 Å². The van der Waals surface area contributed by atoms with E-state index < -0.39 is 0 Å². The van der Waals surface area contributed by atoms with Crippen molar-refractivity contribution >= 4 is 23.5 Å². The van der Waals surface area contributed by atoms with Crippen molar-refractivity contribution in [3.8, 4) is 0 Å². The quantitative estimate of drug-likeness (QED) is 0.389. The van der Waals surface area contributed by atoms with Gasteiger partial charge in [0.15, 0.2) is 5.78 Å². The number of nitrogens with one attached hydrogen (secondary N) is 2. The van der Waals surface area contributed by atoms with Crippen LogP contribution >= 0.6 is 0 Å². The van der Waals surface area contributed by atoms with Gasteiger partial charge in [-0.15, -0.1) is 0 Å². The molecule has 2 amide bonds. The van der Waals surface area contributed by atoms with Gasteiger partial charge in [-0.25, -0.2) is 4.79 Å². The molecule has 0 radical (unpaired) electrons. The van der Waals surface area contributed by atoms with E-state index in [0.717, 1.165) is 25.7 Å². The number of hydrogen-bond donors (Lipinski definition) is 2. The topological polar surface area (TPSA) is 84.5 Å². The lowest BCUT2D eigenvalue weighted by Crippen LogP contribution is -2.29. The van der Waals surface area contributed by atoms with Gasteiger partial charge in [-0.3, -0.25) is 9.59 Å². The van der Waals surface area contributed by atoms with Gasteiger partial charge in [0.05, 0.1) is 6.61 Å². The SMILES string of the molecule is CCOC(=O)CCCCCCNC(=O)Nc1cccc(C(C)=O)c1. The number of ether oxygens (including phenoxy) is 1. The largest absolute Gasteiger partial charge is 0.466 e. The van der Waals surface area contributed by atoms with E-state index in [4.69, 9.17) is 4.74 Å². The molecule has 0 aliphatic rings. The second-order valence-electron chi connectivity index (χ2n) is 5.49. The Morgan fingerprint density at radius 3 is 2.54 bits per heavy atom. The molecule has 2 N–H and O–H groups in total. The highest BCUT2D eigenvalue weighted by atomic mass is 16.5. The highest BCUT2D eigenvalue weighted by Crippen LogP contribution is 2.11. The summed E-state index contributed by atoms with van der Waals surface area (Å²) < 4.78 is 4.86. The first-order valence-corrected chi connectivity index (χ1v) is 8.34. The maximum atomic E-state index is 11.8. The third-order valence-electron chi connectivity index (χ3n) is 3.43. The summed E-state index contributed by atoms with van der Waals surface area (Å²) >= 11 is 0. The van der Waals surface area contributed by atoms with Crippen molar-refractivity contribution in [1.82, 2.24) is 5.32 Å². The Labute approximate surface area is 143 Å². The maximum absolute atomic E-state index is 11.8. The van der Waals surface area contributed by atoms with E-state index >= 15 is 0 Å². The number of anilines is 1. The summed E-state index contributed by atoms with van der Waals surface area (Å²) in [6.45, 7) is 4.27. The molecular weight excluding hydrogens is 308 g/mol. The zero-order valence-corrected chi connectivity index (χ0v) is 14.4. The molecule has 0 atom stereocenters. The zero-order valence-electron chi connectivity index (χ0n) is 14.4. The number of ketones is 1. The molecule has 0 saturated heterocycles. The highest BCUT2D eigenvalue weighted by Gasteiger charge is 2.04. The molecule has 0 unspecified atom stereocenters. The molecule has 1 aromatic carbocycles. The van der Waals surface area contributed by atoms with Crippen molar-refractivity contribution in [2.75, 3.05) is 18.5 Å². The average molecular weight is 334 g/mol. The summed E-state index contributed by atoms with van der Waals surface area (Å²) in [4.78, 5) is 34.2. The fraction of sp³-hybridized carbons (Fsp3) is 0.500. The van der Waals surface area contributed by atoms with E-state index in [1.54, 1.807) is 31.2 Å². The van der Waals surface area contributed by atoms with E-state index in [0.29, 0.717) is 30.8 Å². The van der Waals surface area contributed by atoms with Crippen LogP contribution in [-0.2, 0) is 9.53 Å². The molecule has 0 spiro atoms. The number of urea groups is 1. The molecule has 0 fully saturated rings. The lowest BCUT2D eigenvalue weighted by Gasteiger charge is -2.08. The van der Waals surface area contributed by atoms with E-state index in [1.807, 2.05) is 0 Å². The van der Waals surface area contributed by atoms with Crippen molar-refractivity contribution in [2.24, 2.45) is 0 Å². The molecule has 6 heteroatoms. The van der Waals surface area contributed by atoms with Crippen LogP contribution in [0, 0.1) is 0 Å². The molecule has 6 nitrogen and oxygen atoms in total. The van der Waals surface area contributed by atoms with Crippen molar-refractivity contribution in [2.45, 2.75) is 46.0 Å². The van der Waals surface area contributed by atoms with Crippen LogP contribution < -0.4 is 10.6 Å². The van der Waals surface area contributed by atoms with Gasteiger partial charge < -0.3 is 15.4 Å². The minimum atomic E-state index is -0.290. The van der Waals surface area contributed by atoms with E-state index in [-0.39, 0.29) is 17.8 Å². The molecular formula is C18H26N2O4. The Balaban J connectivity index is 2.13. The second kappa shape index (κ2) is 11.2. The Hall–Kier alpha value is -2.37. The fourth-order valence-corrected chi connectivity index (χ4v) is 2.17. The smallest absolute Gasteiger partial charge is 0.319 e. The van der Waals surface area contributed by atoms with E-state index in [1.165, 1.54) is 6.92 Å². The first-order valence-electron chi connectivity index (χ1n) is 8.34. The molecule has 1 aromatic rings. The summed E-state index contributed by atoms with van der Waals surface area (Å²) in [5, 5.41) is 5.48. The van der Waals surface area contributed by atoms with Gasteiger partial charge in [0.1, 0.15) is 0 Å². The van der Waals surface area contributed by atoms with Crippen LogP contribution in [0.4, 0.5) is 10.5 Å². The fourth-order valence-electron chi connectivity index (χ4n) is 2.17. The molecule has 0 saturated carbocycles. The number of esters is 1. The minimum absolute atomic E-state index is 0.0399. The Bertz CT molecular complexity index is 558. The summed E-state index contributed by atoms with van der Waals surface area (Å²) in [5.74, 6) is -0.190. The van der Waals surface area contributed by atoms with Gasteiger partial charge in [0.25, 0.3) is 0 Å². The van der Waals surface area contributed by atoms with Gasteiger partial charge >= 0.3 is 12.0 Å². The predicted molar refractivity (Wildman–Crippen MR) is 93.2 cm³/mol. The minimum Gasteiger partial charge on any atom is -0.466 e. The number of amides is 2. The van der Waals surface area contributed by atoms with Gasteiger partial charge in [-0.2, -0.15) is 0 Å². The zero-order chi connectivity index (χ0) is 17.8. The first-order chi connectivity index (χ1) is 11.5. The maximum Gasteiger partial charge on any atom is 0.319 e. The van der Waals surface area contributed by atoms with E-state index in [9.17, 15) is 14.4 Å². The molecule has 0 aliphatic heterocycles. The molecule has 132 valence electrons. The van der Waals surface area contributed by atoms with Crippen molar-refractivity contribution in [3.05, 3.63) is 29.8 Å². The number of rotatable bonds is 10. The van der Waals surface area contributed by atoms with Crippen molar-refractivity contribution in [3.63, 3.8) is 0 Å². The highest BCUT2D eigenvalue weighted by molar-refractivity contribution is 5.96. The van der Waals surface area contributed by atoms with Crippen molar-refractivity contribution in [1.29, 1.82) is 0 Å². The second-order valence-corrected chi connectivity index (χ2v) is 5.49. The molecule has 1 rings (SSSR count). The third-order valence-corrected chi connectivity index (χ3v) is 3.43. The van der Waals surface area contributed by atoms with Crippen LogP contribution in [0.25, 0.3) is 0 Å². The van der Waals surface area contributed by atoms with Crippen LogP contribution in [0.3, 0.4) is 0 Å². The van der Waals surface area contributed by atoms with Gasteiger partial charge in [-0.1, -0.05) is 25.0 Å². The lowest BCUT2D eigenvalue weighted by molar-refractivity contribution is -0.143. The molecule has 24 heavy (non-hydrogen) atoms. The van der Waals surface area contributed by atoms with Crippen LogP contribution in [0.1, 0.15) is 56.3 Å². The Morgan fingerprint density at radius 2 is 1.83 bits per heavy atom. The van der Waals surface area contributed by atoms with Crippen LogP contribution in [-0.4, -0.2) is 30.9 Å². The van der Waals surface area contributed by atoms with Crippen LogP contribution in [0.15, 0.2) is 24.3 Å². The lowest BCUT2D eigenvalue weighted by atomic mass is 10.1. The molecule has 0 aromatic heterocycles. The molecule has 0 heterocycles. The predicted octanol–water partition coefficient (Wildman–Crippen LogP) is 3.52. The van der Waals surface area contributed by atoms with Crippen molar-refractivity contribution < 1.29 is 19.1 Å². The van der Waals surface area contributed by atoms with E-state index in [2.05, 4.69) is 10.6 Å². The summed E-state index contributed by atoms with van der Waals surface area (Å²) in [5.41, 5.74) is 1.16. The number of hydrogen-bond acceptors (Lipinski definition) is 4. The Kier molecular flexibility index (Phi) is 9.19. The number of carbonyl (C=O) groups excluding carboxylic acids is 3. The number of unbranched alkanes of at least 4 members (excludes halogenated alkanes) is 3. The normalized spacial score (nSPS) is 10.1. The monoisotopic (exact) mass is 334 g/mol. The molecule has 0 aliphatic carbocycles. The van der Waals surface area contributed by atoms with Gasteiger partial charge in [-0.05, 0) is 38.8 Å².